The van der Waals surface area contributed by atoms with Crippen LogP contribution in [-0.2, 0) is 19.1 Å². The summed E-state index contributed by atoms with van der Waals surface area (Å²) in [5.74, 6) is -0.0806. The molecule has 0 saturated heterocycles. The second-order valence-electron chi connectivity index (χ2n) is 8.35. The molecule has 1 aliphatic rings. The Kier molecular flexibility index (Phi) is 12.1. The highest BCUT2D eigenvalue weighted by atomic mass is 16.5. The standard InChI is InChI=1S/C24H37NO4/c1-5-10-20(11-8-9-16-25)21-12-14-22(15-13-21)29-24(27)19(6-2)17-18(4)23(26)28-7-3/h3,18-22H,5-6,8-15,17H2,1-2,4H3. The van der Waals surface area contributed by atoms with Crippen molar-refractivity contribution in [3.8, 4) is 18.6 Å². The van der Waals surface area contributed by atoms with Gasteiger partial charge in [-0.05, 0) is 63.2 Å². The lowest BCUT2D eigenvalue weighted by Gasteiger charge is -2.34. The number of carbonyl (C=O) groups excluding carboxylic acids is 2. The lowest BCUT2D eigenvalue weighted by atomic mass is 9.75. The average molecular weight is 404 g/mol. The van der Waals surface area contributed by atoms with Gasteiger partial charge in [-0.25, -0.2) is 0 Å². The SMILES string of the molecule is C#COC(=O)C(C)CC(CC)C(=O)OC1CCC(C(CCC)CCCC#N)CC1. The Labute approximate surface area is 176 Å². The van der Waals surface area contributed by atoms with Crippen LogP contribution in [0.15, 0.2) is 0 Å². The first-order valence-corrected chi connectivity index (χ1v) is 11.2. The predicted molar refractivity (Wildman–Crippen MR) is 112 cm³/mol. The highest BCUT2D eigenvalue weighted by Crippen LogP contribution is 2.36. The van der Waals surface area contributed by atoms with Crippen molar-refractivity contribution in [2.45, 2.75) is 97.5 Å². The topological polar surface area (TPSA) is 76.4 Å². The lowest BCUT2D eigenvalue weighted by molar-refractivity contribution is -0.157. The maximum atomic E-state index is 12.6. The second-order valence-corrected chi connectivity index (χ2v) is 8.35. The summed E-state index contributed by atoms with van der Waals surface area (Å²) < 4.78 is 10.4. The number of hydrogen-bond donors (Lipinski definition) is 0. The molecule has 0 aliphatic heterocycles. The molecule has 162 valence electrons. The number of hydrogen-bond acceptors (Lipinski definition) is 5. The van der Waals surface area contributed by atoms with Crippen LogP contribution in [0.2, 0.25) is 0 Å². The number of esters is 2. The first kappa shape index (κ1) is 25.0. The minimum atomic E-state index is -0.474. The van der Waals surface area contributed by atoms with Crippen LogP contribution < -0.4 is 0 Å². The molecule has 0 heterocycles. The van der Waals surface area contributed by atoms with Gasteiger partial charge >= 0.3 is 11.9 Å². The summed E-state index contributed by atoms with van der Waals surface area (Å²) in [6.45, 7) is 5.87. The normalized spacial score (nSPS) is 21.8. The van der Waals surface area contributed by atoms with Crippen molar-refractivity contribution in [2.75, 3.05) is 0 Å². The Balaban J connectivity index is 2.49. The van der Waals surface area contributed by atoms with Crippen molar-refractivity contribution in [1.82, 2.24) is 0 Å². The molecule has 0 N–H and O–H groups in total. The minimum absolute atomic E-state index is 0.0258. The number of nitriles is 1. The molecule has 0 amide bonds. The van der Waals surface area contributed by atoms with Crippen LogP contribution in [-0.4, -0.2) is 18.0 Å². The smallest absolute Gasteiger partial charge is 0.322 e. The van der Waals surface area contributed by atoms with E-state index in [0.29, 0.717) is 31.1 Å². The molecule has 1 aliphatic carbocycles. The molecule has 0 aromatic rings. The number of ether oxygens (including phenoxy) is 2. The average Bonchev–Trinajstić information content (AvgIpc) is 2.72. The molecule has 5 heteroatoms. The van der Waals surface area contributed by atoms with E-state index in [0.717, 1.165) is 38.5 Å². The van der Waals surface area contributed by atoms with Crippen LogP contribution in [0.4, 0.5) is 0 Å². The predicted octanol–water partition coefficient (Wildman–Crippen LogP) is 5.38. The van der Waals surface area contributed by atoms with Crippen molar-refractivity contribution in [2.24, 2.45) is 23.7 Å². The van der Waals surface area contributed by atoms with Gasteiger partial charge in [-0.3, -0.25) is 9.59 Å². The van der Waals surface area contributed by atoms with Gasteiger partial charge in [0.15, 0.2) is 0 Å². The largest absolute Gasteiger partial charge is 0.462 e. The van der Waals surface area contributed by atoms with Crippen molar-refractivity contribution in [3.05, 3.63) is 0 Å². The van der Waals surface area contributed by atoms with Crippen LogP contribution in [0.3, 0.4) is 0 Å². The van der Waals surface area contributed by atoms with Gasteiger partial charge < -0.3 is 9.47 Å². The zero-order chi connectivity index (χ0) is 21.6. The molecular formula is C24H37NO4. The van der Waals surface area contributed by atoms with E-state index in [1.54, 1.807) is 6.92 Å². The maximum absolute atomic E-state index is 12.6. The summed E-state index contributed by atoms with van der Waals surface area (Å²) in [4.78, 5) is 24.3. The van der Waals surface area contributed by atoms with E-state index in [1.807, 2.05) is 13.0 Å². The molecule has 0 radical (unpaired) electrons. The summed E-state index contributed by atoms with van der Waals surface area (Å²) in [5.41, 5.74) is 0. The zero-order valence-corrected chi connectivity index (χ0v) is 18.3. The van der Waals surface area contributed by atoms with Crippen molar-refractivity contribution in [1.29, 1.82) is 5.26 Å². The van der Waals surface area contributed by atoms with Gasteiger partial charge in [0.25, 0.3) is 0 Å². The quantitative estimate of drug-likeness (QED) is 0.248. The van der Waals surface area contributed by atoms with E-state index in [4.69, 9.17) is 16.4 Å². The molecule has 1 rings (SSSR count). The Morgan fingerprint density at radius 1 is 1.14 bits per heavy atom. The Hall–Kier alpha value is -2.01. The third kappa shape index (κ3) is 8.90. The molecule has 3 atom stereocenters. The van der Waals surface area contributed by atoms with Crippen LogP contribution in [0.25, 0.3) is 0 Å². The first-order chi connectivity index (χ1) is 14.0. The molecule has 0 aromatic carbocycles. The molecule has 3 unspecified atom stereocenters. The van der Waals surface area contributed by atoms with Crippen LogP contribution in [0.1, 0.15) is 91.4 Å². The summed E-state index contributed by atoms with van der Waals surface area (Å²) in [5, 5.41) is 8.78. The van der Waals surface area contributed by atoms with Gasteiger partial charge in [0.2, 0.25) is 0 Å². The Bertz CT molecular complexity index is 581. The number of terminal acetylenes is 1. The summed E-state index contributed by atoms with van der Waals surface area (Å²) in [6.07, 6.45) is 17.0. The third-order valence-electron chi connectivity index (χ3n) is 6.22. The molecule has 1 fully saturated rings. The molecule has 0 bridgehead atoms. The van der Waals surface area contributed by atoms with E-state index < -0.39 is 11.9 Å². The van der Waals surface area contributed by atoms with Gasteiger partial charge in [0, 0.05) is 6.42 Å². The third-order valence-corrected chi connectivity index (χ3v) is 6.22. The van der Waals surface area contributed by atoms with E-state index in [9.17, 15) is 9.59 Å². The molecule has 5 nitrogen and oxygen atoms in total. The Morgan fingerprint density at radius 3 is 2.38 bits per heavy atom. The lowest BCUT2D eigenvalue weighted by Crippen LogP contribution is -2.31. The van der Waals surface area contributed by atoms with Gasteiger partial charge in [0.1, 0.15) is 12.2 Å². The summed E-state index contributed by atoms with van der Waals surface area (Å²) >= 11 is 0. The second kappa shape index (κ2) is 14.0. The first-order valence-electron chi connectivity index (χ1n) is 11.2. The van der Waals surface area contributed by atoms with Gasteiger partial charge in [-0.1, -0.05) is 40.0 Å². The van der Waals surface area contributed by atoms with Crippen molar-refractivity contribution in [3.63, 3.8) is 0 Å². The fourth-order valence-corrected chi connectivity index (χ4v) is 4.48. The number of nitrogens with zero attached hydrogens (tertiary/aromatic N) is 1. The highest BCUT2D eigenvalue weighted by molar-refractivity contribution is 5.76. The van der Waals surface area contributed by atoms with E-state index in [2.05, 4.69) is 17.7 Å². The van der Waals surface area contributed by atoms with Crippen LogP contribution in [0.5, 0.6) is 0 Å². The van der Waals surface area contributed by atoms with E-state index in [1.165, 1.54) is 12.8 Å². The number of carbonyl (C=O) groups is 2. The molecule has 1 saturated carbocycles. The highest BCUT2D eigenvalue weighted by Gasteiger charge is 2.31. The molecular weight excluding hydrogens is 366 g/mol. The van der Waals surface area contributed by atoms with Gasteiger partial charge in [-0.15, -0.1) is 0 Å². The van der Waals surface area contributed by atoms with E-state index >= 15 is 0 Å². The fraction of sp³-hybridized carbons (Fsp3) is 0.792. The van der Waals surface area contributed by atoms with Gasteiger partial charge in [0.05, 0.1) is 17.9 Å². The molecule has 0 spiro atoms. The number of unbranched alkanes of at least 4 members (excludes halogenated alkanes) is 1. The van der Waals surface area contributed by atoms with Crippen molar-refractivity contribution >= 4 is 11.9 Å². The maximum Gasteiger partial charge on any atom is 0.322 e. The monoisotopic (exact) mass is 403 g/mol. The summed E-state index contributed by atoms with van der Waals surface area (Å²) in [7, 11) is 0. The van der Waals surface area contributed by atoms with Crippen LogP contribution in [0, 0.1) is 47.5 Å². The molecule has 0 aromatic heterocycles. The minimum Gasteiger partial charge on any atom is -0.462 e. The fourth-order valence-electron chi connectivity index (χ4n) is 4.48. The Morgan fingerprint density at radius 2 is 1.83 bits per heavy atom. The molecule has 29 heavy (non-hydrogen) atoms. The van der Waals surface area contributed by atoms with Gasteiger partial charge in [-0.2, -0.15) is 5.26 Å². The van der Waals surface area contributed by atoms with Crippen molar-refractivity contribution < 1.29 is 19.1 Å². The number of rotatable bonds is 12. The van der Waals surface area contributed by atoms with E-state index in [-0.39, 0.29) is 18.0 Å². The summed E-state index contributed by atoms with van der Waals surface area (Å²) in [6, 6.07) is 2.24. The van der Waals surface area contributed by atoms with Crippen LogP contribution >= 0.6 is 0 Å². The zero-order valence-electron chi connectivity index (χ0n) is 18.3.